The number of nitrogen functional groups attached to an aromatic ring is 1. The molecule has 0 atom stereocenters. The minimum absolute atomic E-state index is 0.121. The average Bonchev–Trinajstić information content (AvgIpc) is 2.34. The predicted octanol–water partition coefficient (Wildman–Crippen LogP) is 0.147. The van der Waals surface area contributed by atoms with E-state index in [9.17, 15) is 9.59 Å². The largest absolute Gasteiger partial charge is 0.355 e. The molecule has 2 amide bonds. The molecule has 98 valence electrons. The monoisotopic (exact) mass is 250 g/mol. The van der Waals surface area contributed by atoms with Crippen molar-refractivity contribution in [2.75, 3.05) is 18.5 Å². The molecule has 0 aromatic heterocycles. The maximum atomic E-state index is 11.9. The van der Waals surface area contributed by atoms with Crippen LogP contribution in [0.15, 0.2) is 18.2 Å². The molecule has 0 spiro atoms. The van der Waals surface area contributed by atoms with E-state index in [1.54, 1.807) is 12.1 Å². The Morgan fingerprint density at radius 2 is 1.89 bits per heavy atom. The molecular formula is C12H18N4O2. The molecular weight excluding hydrogens is 232 g/mol. The van der Waals surface area contributed by atoms with Crippen LogP contribution in [0.4, 0.5) is 5.69 Å². The van der Waals surface area contributed by atoms with Gasteiger partial charge in [-0.05, 0) is 19.1 Å². The summed E-state index contributed by atoms with van der Waals surface area (Å²) < 4.78 is 0. The first-order valence-corrected chi connectivity index (χ1v) is 5.64. The highest BCUT2D eigenvalue weighted by molar-refractivity contribution is 5.99. The molecule has 0 aliphatic heterocycles. The minimum atomic E-state index is -0.225. The topological polar surface area (TPSA) is 96.2 Å². The first kappa shape index (κ1) is 14.0. The lowest BCUT2D eigenvalue weighted by atomic mass is 10.1. The second kappa shape index (κ2) is 6.61. The van der Waals surface area contributed by atoms with Crippen molar-refractivity contribution in [1.29, 1.82) is 0 Å². The van der Waals surface area contributed by atoms with Gasteiger partial charge in [0, 0.05) is 20.0 Å². The van der Waals surface area contributed by atoms with Gasteiger partial charge in [-0.1, -0.05) is 11.6 Å². The Morgan fingerprint density at radius 3 is 2.50 bits per heavy atom. The standard InChI is InChI=1S/C12H18N4O2/c1-8-3-4-11(16-13)10(7-8)12(18)15-6-5-14-9(2)17/h3-4,7,16H,5-6,13H2,1-2H3,(H,14,17)(H,15,18). The number of hydrazine groups is 1. The van der Waals surface area contributed by atoms with E-state index < -0.39 is 0 Å². The van der Waals surface area contributed by atoms with Crippen molar-refractivity contribution >= 4 is 17.5 Å². The number of nitrogens with two attached hydrogens (primary N) is 1. The minimum Gasteiger partial charge on any atom is -0.355 e. The van der Waals surface area contributed by atoms with Crippen molar-refractivity contribution < 1.29 is 9.59 Å². The highest BCUT2D eigenvalue weighted by Crippen LogP contribution is 2.15. The van der Waals surface area contributed by atoms with Gasteiger partial charge >= 0.3 is 0 Å². The highest BCUT2D eigenvalue weighted by Gasteiger charge is 2.10. The van der Waals surface area contributed by atoms with Crippen LogP contribution in [-0.2, 0) is 4.79 Å². The summed E-state index contributed by atoms with van der Waals surface area (Å²) in [6.45, 7) is 4.10. The Balaban J connectivity index is 2.60. The number of rotatable bonds is 5. The van der Waals surface area contributed by atoms with E-state index >= 15 is 0 Å². The number of hydrogen-bond donors (Lipinski definition) is 4. The van der Waals surface area contributed by atoms with Gasteiger partial charge in [-0.25, -0.2) is 0 Å². The SMILES string of the molecule is CC(=O)NCCNC(=O)c1cc(C)ccc1NN. The number of carbonyl (C=O) groups excluding carboxylic acids is 2. The summed E-state index contributed by atoms with van der Waals surface area (Å²) in [7, 11) is 0. The fraction of sp³-hybridized carbons (Fsp3) is 0.333. The van der Waals surface area contributed by atoms with Crippen LogP contribution in [0, 0.1) is 6.92 Å². The molecule has 0 heterocycles. The third-order valence-corrected chi connectivity index (χ3v) is 2.36. The van der Waals surface area contributed by atoms with Gasteiger partial charge in [0.2, 0.25) is 5.91 Å². The maximum Gasteiger partial charge on any atom is 0.253 e. The Bertz CT molecular complexity index is 446. The van der Waals surface area contributed by atoms with Crippen LogP contribution in [0.5, 0.6) is 0 Å². The first-order valence-electron chi connectivity index (χ1n) is 5.64. The molecule has 6 heteroatoms. The van der Waals surface area contributed by atoms with Crippen molar-refractivity contribution in [3.8, 4) is 0 Å². The summed E-state index contributed by atoms with van der Waals surface area (Å²) in [5, 5.41) is 5.31. The Labute approximate surface area is 106 Å². The molecule has 0 saturated carbocycles. The van der Waals surface area contributed by atoms with Crippen LogP contribution in [0.25, 0.3) is 0 Å². The molecule has 1 rings (SSSR count). The number of hydrogen-bond acceptors (Lipinski definition) is 4. The quantitative estimate of drug-likeness (QED) is 0.340. The fourth-order valence-corrected chi connectivity index (χ4v) is 1.48. The zero-order chi connectivity index (χ0) is 13.5. The number of benzene rings is 1. The maximum absolute atomic E-state index is 11.9. The first-order chi connectivity index (χ1) is 8.54. The summed E-state index contributed by atoms with van der Waals surface area (Å²) in [5.41, 5.74) is 4.51. The second-order valence-corrected chi connectivity index (χ2v) is 3.93. The number of carbonyl (C=O) groups is 2. The molecule has 1 aromatic rings. The molecule has 6 nitrogen and oxygen atoms in total. The van der Waals surface area contributed by atoms with Gasteiger partial charge in [0.25, 0.3) is 5.91 Å². The van der Waals surface area contributed by atoms with Crippen molar-refractivity contribution in [3.63, 3.8) is 0 Å². The van der Waals surface area contributed by atoms with E-state index in [4.69, 9.17) is 5.84 Å². The lowest BCUT2D eigenvalue weighted by molar-refractivity contribution is -0.118. The predicted molar refractivity (Wildman–Crippen MR) is 70.0 cm³/mol. The number of aryl methyl sites for hydroxylation is 1. The van der Waals surface area contributed by atoms with Crippen molar-refractivity contribution in [1.82, 2.24) is 10.6 Å². The molecule has 0 aliphatic rings. The van der Waals surface area contributed by atoms with Crippen molar-refractivity contribution in [3.05, 3.63) is 29.3 Å². The molecule has 18 heavy (non-hydrogen) atoms. The summed E-state index contributed by atoms with van der Waals surface area (Å²) in [6, 6.07) is 5.37. The molecule has 0 aliphatic carbocycles. The van der Waals surface area contributed by atoms with Crippen molar-refractivity contribution in [2.45, 2.75) is 13.8 Å². The lowest BCUT2D eigenvalue weighted by Gasteiger charge is -2.10. The van der Waals surface area contributed by atoms with Gasteiger partial charge < -0.3 is 16.1 Å². The third kappa shape index (κ3) is 4.06. The Hall–Kier alpha value is -2.08. The molecule has 0 unspecified atom stereocenters. The lowest BCUT2D eigenvalue weighted by Crippen LogP contribution is -2.34. The summed E-state index contributed by atoms with van der Waals surface area (Å²) in [5.74, 6) is 5.00. The highest BCUT2D eigenvalue weighted by atomic mass is 16.2. The number of anilines is 1. The Kier molecular flexibility index (Phi) is 5.13. The number of amides is 2. The van der Waals surface area contributed by atoms with Crippen LogP contribution in [0.2, 0.25) is 0 Å². The molecule has 5 N–H and O–H groups in total. The average molecular weight is 250 g/mol. The van der Waals surface area contributed by atoms with Gasteiger partial charge in [-0.15, -0.1) is 0 Å². The van der Waals surface area contributed by atoms with Crippen LogP contribution in [0.3, 0.4) is 0 Å². The van der Waals surface area contributed by atoms with Crippen molar-refractivity contribution in [2.24, 2.45) is 5.84 Å². The molecule has 0 fully saturated rings. The van der Waals surface area contributed by atoms with Gasteiger partial charge in [-0.3, -0.25) is 15.4 Å². The van der Waals surface area contributed by atoms with E-state index in [0.29, 0.717) is 24.3 Å². The smallest absolute Gasteiger partial charge is 0.253 e. The van der Waals surface area contributed by atoms with Gasteiger partial charge in [0.15, 0.2) is 0 Å². The summed E-state index contributed by atoms with van der Waals surface area (Å²) >= 11 is 0. The van der Waals surface area contributed by atoms with E-state index in [0.717, 1.165) is 5.56 Å². The second-order valence-electron chi connectivity index (χ2n) is 3.93. The Morgan fingerprint density at radius 1 is 1.22 bits per heavy atom. The van der Waals surface area contributed by atoms with E-state index in [1.165, 1.54) is 6.92 Å². The van der Waals surface area contributed by atoms with Gasteiger partial charge in [0.05, 0.1) is 11.3 Å². The zero-order valence-corrected chi connectivity index (χ0v) is 10.5. The molecule has 1 aromatic carbocycles. The van der Waals surface area contributed by atoms with Crippen LogP contribution < -0.4 is 21.9 Å². The summed E-state index contributed by atoms with van der Waals surface area (Å²) in [4.78, 5) is 22.6. The van der Waals surface area contributed by atoms with Gasteiger partial charge in [-0.2, -0.15) is 0 Å². The van der Waals surface area contributed by atoms with E-state index in [1.807, 2.05) is 13.0 Å². The normalized spacial score (nSPS) is 9.72. The number of nitrogens with one attached hydrogen (secondary N) is 3. The van der Waals surface area contributed by atoms with Gasteiger partial charge in [0.1, 0.15) is 0 Å². The van der Waals surface area contributed by atoms with Crippen LogP contribution in [-0.4, -0.2) is 24.9 Å². The third-order valence-electron chi connectivity index (χ3n) is 2.36. The van der Waals surface area contributed by atoms with E-state index in [-0.39, 0.29) is 11.8 Å². The molecule has 0 radical (unpaired) electrons. The molecule has 0 saturated heterocycles. The van der Waals surface area contributed by atoms with Crippen LogP contribution in [0.1, 0.15) is 22.8 Å². The van der Waals surface area contributed by atoms with Crippen LogP contribution >= 0.6 is 0 Å². The molecule has 0 bridgehead atoms. The summed E-state index contributed by atoms with van der Waals surface area (Å²) in [6.07, 6.45) is 0. The van der Waals surface area contributed by atoms with E-state index in [2.05, 4.69) is 16.1 Å². The fourth-order valence-electron chi connectivity index (χ4n) is 1.48. The zero-order valence-electron chi connectivity index (χ0n) is 10.5.